The van der Waals surface area contributed by atoms with Crippen LogP contribution in [0, 0.1) is 0 Å². The maximum atomic E-state index is 12.1. The van der Waals surface area contributed by atoms with Gasteiger partial charge in [-0.25, -0.2) is 0 Å². The molecule has 0 aliphatic carbocycles. The van der Waals surface area contributed by atoms with Crippen molar-refractivity contribution in [2.45, 2.75) is 134 Å². The molecule has 4 atom stereocenters. The number of aromatic hydroxyl groups is 6. The van der Waals surface area contributed by atoms with Crippen LogP contribution < -0.4 is 14.2 Å². The minimum atomic E-state index is -0.794. The van der Waals surface area contributed by atoms with E-state index in [2.05, 4.69) is 0 Å². The van der Waals surface area contributed by atoms with Crippen LogP contribution in [0.25, 0.3) is 0 Å². The highest BCUT2D eigenvalue weighted by Crippen LogP contribution is 2.30. The van der Waals surface area contributed by atoms with Gasteiger partial charge in [0.15, 0.2) is 34.5 Å². The average Bonchev–Trinajstić information content (AvgIpc) is 3.46. The lowest BCUT2D eigenvalue weighted by Gasteiger charge is -2.16. The van der Waals surface area contributed by atoms with Gasteiger partial charge in [-0.1, -0.05) is 36.4 Å². The zero-order chi connectivity index (χ0) is 59.4. The Morgan fingerprint density at radius 1 is 0.420 bits per heavy atom. The third-order valence-electron chi connectivity index (χ3n) is 13.5. The Labute approximate surface area is 473 Å². The average molecular weight is 1130 g/mol. The standard InChI is InChI=1S/C21H28O6.2C21H26O6/c3*1-27-21-11-15(5-9-20(21)26)3-7-18(24)12-17(23)6-2-14-4-8-19(25)16(10-14)13-22/h4-5,8-11,17-18,22-26H,2-3,6-7,12-13H2,1H3;4-5,8-11,17,22-23,25-26H,2-3,6-7,12-13H2,1H3;4-5,8-12,18,22-26H,2-3,6-7,13H2,1H3/b;;17-12-. The summed E-state index contributed by atoms with van der Waals surface area (Å²) in [6.07, 6.45) is 4.83. The van der Waals surface area contributed by atoms with E-state index in [1.54, 1.807) is 84.9 Å². The van der Waals surface area contributed by atoms with E-state index < -0.39 is 24.4 Å². The molecule has 0 aliphatic rings. The number of aliphatic hydroxyl groups is 8. The Bertz CT molecular complexity index is 2840. The van der Waals surface area contributed by atoms with Gasteiger partial charge >= 0.3 is 0 Å². The lowest BCUT2D eigenvalue weighted by Crippen LogP contribution is -2.19. The van der Waals surface area contributed by atoms with Gasteiger partial charge in [0.1, 0.15) is 23.0 Å². The predicted octanol–water partition coefficient (Wildman–Crippen LogP) is 7.73. The molecule has 0 radical (unpaired) electrons. The predicted molar refractivity (Wildman–Crippen MR) is 305 cm³/mol. The number of aryl methyl sites for hydroxylation is 6. The summed E-state index contributed by atoms with van der Waals surface area (Å²) >= 11 is 0. The van der Waals surface area contributed by atoms with Crippen molar-refractivity contribution in [2.24, 2.45) is 0 Å². The smallest absolute Gasteiger partial charge is 0.160 e. The van der Waals surface area contributed by atoms with Crippen molar-refractivity contribution in [1.82, 2.24) is 0 Å². The number of methoxy groups -OCH3 is 3. The summed E-state index contributed by atoms with van der Waals surface area (Å²) in [7, 11) is 4.44. The van der Waals surface area contributed by atoms with Crippen molar-refractivity contribution in [2.75, 3.05) is 21.3 Å². The highest BCUT2D eigenvalue weighted by molar-refractivity contribution is 5.79. The zero-order valence-corrected chi connectivity index (χ0v) is 46.2. The number of carbonyl (C=O) groups excluding carboxylic acids is 1. The van der Waals surface area contributed by atoms with Crippen molar-refractivity contribution < 1.29 is 90.5 Å². The number of hydrogen-bond donors (Lipinski definition) is 14. The Hall–Kier alpha value is -7.55. The van der Waals surface area contributed by atoms with E-state index in [0.29, 0.717) is 111 Å². The Morgan fingerprint density at radius 2 is 0.728 bits per heavy atom. The van der Waals surface area contributed by atoms with Gasteiger partial charge < -0.3 is 85.7 Å². The molecule has 0 aromatic heterocycles. The third-order valence-corrected chi connectivity index (χ3v) is 13.5. The maximum Gasteiger partial charge on any atom is 0.160 e. The molecule has 0 saturated heterocycles. The fraction of sp³-hybridized carbons (Fsp3) is 0.381. The van der Waals surface area contributed by atoms with Crippen LogP contribution in [0.3, 0.4) is 0 Å². The summed E-state index contributed by atoms with van der Waals surface area (Å²) in [4.78, 5) is 12.1. The number of hydrogen-bond acceptors (Lipinski definition) is 18. The van der Waals surface area contributed by atoms with E-state index in [9.17, 15) is 66.1 Å². The monoisotopic (exact) mass is 1120 g/mol. The highest BCUT2D eigenvalue weighted by atomic mass is 16.5. The summed E-state index contributed by atoms with van der Waals surface area (Å²) in [5.41, 5.74) is 6.78. The molecule has 0 bridgehead atoms. The highest BCUT2D eigenvalue weighted by Gasteiger charge is 2.16. The van der Waals surface area contributed by atoms with Crippen molar-refractivity contribution in [1.29, 1.82) is 0 Å². The molecule has 18 nitrogen and oxygen atoms in total. The van der Waals surface area contributed by atoms with E-state index in [1.807, 2.05) is 0 Å². The van der Waals surface area contributed by atoms with E-state index in [-0.39, 0.29) is 78.7 Å². The minimum absolute atomic E-state index is 0.0312. The molecular weight excluding hydrogens is 1040 g/mol. The number of ketones is 1. The summed E-state index contributed by atoms with van der Waals surface area (Å²) in [6.45, 7) is -0.728. The largest absolute Gasteiger partial charge is 0.513 e. The third kappa shape index (κ3) is 23.2. The lowest BCUT2D eigenvalue weighted by molar-refractivity contribution is -0.121. The van der Waals surface area contributed by atoms with Crippen LogP contribution >= 0.6 is 0 Å². The first kappa shape index (κ1) is 66.0. The van der Waals surface area contributed by atoms with Gasteiger partial charge in [0.2, 0.25) is 0 Å². The molecule has 18 heteroatoms. The summed E-state index contributed by atoms with van der Waals surface area (Å²) in [5, 5.41) is 136. The maximum absolute atomic E-state index is 12.1. The normalized spacial score (nSPS) is 12.7. The molecule has 440 valence electrons. The van der Waals surface area contributed by atoms with Crippen LogP contribution in [-0.4, -0.2) is 123 Å². The number of carbonyl (C=O) groups is 1. The first-order valence-corrected chi connectivity index (χ1v) is 26.7. The minimum Gasteiger partial charge on any atom is -0.513 e. The zero-order valence-electron chi connectivity index (χ0n) is 46.2. The second kappa shape index (κ2) is 34.6. The van der Waals surface area contributed by atoms with E-state index >= 15 is 0 Å². The number of ether oxygens (including phenoxy) is 3. The Kier molecular flexibility index (Phi) is 28.1. The van der Waals surface area contributed by atoms with Gasteiger partial charge in [-0.3, -0.25) is 4.79 Å². The van der Waals surface area contributed by atoms with Crippen molar-refractivity contribution in [3.05, 3.63) is 171 Å². The number of benzene rings is 6. The van der Waals surface area contributed by atoms with Crippen LogP contribution in [0.5, 0.6) is 51.7 Å². The van der Waals surface area contributed by atoms with Gasteiger partial charge in [-0.05, 0) is 183 Å². The molecule has 0 heterocycles. The first-order valence-electron chi connectivity index (χ1n) is 26.7. The molecule has 14 N–H and O–H groups in total. The number of phenols is 6. The van der Waals surface area contributed by atoms with Crippen molar-refractivity contribution >= 4 is 5.78 Å². The van der Waals surface area contributed by atoms with Crippen molar-refractivity contribution in [3.8, 4) is 51.7 Å². The van der Waals surface area contributed by atoms with E-state index in [4.69, 9.17) is 24.4 Å². The number of allylic oxidation sites excluding steroid dienone is 1. The van der Waals surface area contributed by atoms with Crippen molar-refractivity contribution in [3.63, 3.8) is 0 Å². The Balaban J connectivity index is 0.000000261. The molecule has 6 rings (SSSR count). The molecule has 0 aliphatic heterocycles. The molecule has 6 aromatic rings. The molecule has 81 heavy (non-hydrogen) atoms. The number of rotatable bonds is 29. The van der Waals surface area contributed by atoms with Gasteiger partial charge in [0.05, 0.1) is 71.3 Å². The molecular formula is C63H80O18. The summed E-state index contributed by atoms with van der Waals surface area (Å²) < 4.78 is 15.2. The summed E-state index contributed by atoms with van der Waals surface area (Å²) in [6, 6.07) is 30.0. The van der Waals surface area contributed by atoms with E-state index in [0.717, 1.165) is 33.4 Å². The van der Waals surface area contributed by atoms with Crippen LogP contribution in [-0.2, 0) is 63.1 Å². The fourth-order valence-electron chi connectivity index (χ4n) is 8.67. The lowest BCUT2D eigenvalue weighted by atomic mass is 9.98. The van der Waals surface area contributed by atoms with Crippen LogP contribution in [0.15, 0.2) is 121 Å². The molecule has 4 unspecified atom stereocenters. The quantitative estimate of drug-likeness (QED) is 0.0200. The molecule has 0 spiro atoms. The van der Waals surface area contributed by atoms with E-state index in [1.165, 1.54) is 51.7 Å². The molecule has 0 fully saturated rings. The van der Waals surface area contributed by atoms with Gasteiger partial charge in [-0.2, -0.15) is 0 Å². The molecule has 0 amide bonds. The summed E-state index contributed by atoms with van der Waals surface area (Å²) in [5.74, 6) is 1.56. The van der Waals surface area contributed by atoms with Crippen LogP contribution in [0.4, 0.5) is 0 Å². The van der Waals surface area contributed by atoms with Gasteiger partial charge in [0.25, 0.3) is 0 Å². The van der Waals surface area contributed by atoms with Gasteiger partial charge in [0, 0.05) is 36.0 Å². The van der Waals surface area contributed by atoms with Crippen LogP contribution in [0.2, 0.25) is 0 Å². The SMILES string of the molecule is COc1cc(CCC(=O)CC(O)CCc2ccc(O)c(CO)c2)ccc1O.COc1cc(CCC(O)/C=C(\O)CCc2ccc(O)c(CO)c2)ccc1O.COc1cc(CCC(O)CC(O)CCc2ccc(O)c(CO)c2)ccc1O. The second-order valence-electron chi connectivity index (χ2n) is 19.7. The molecule has 0 saturated carbocycles. The number of aliphatic hydroxyl groups excluding tert-OH is 8. The number of phenolic OH excluding ortho intramolecular Hbond substituents is 3. The second-order valence-corrected chi connectivity index (χ2v) is 19.7. The topological polar surface area (TPSA) is 328 Å². The fourth-order valence-corrected chi connectivity index (χ4v) is 8.67. The Morgan fingerprint density at radius 3 is 1.10 bits per heavy atom. The number of Topliss-reactive ketones (excluding diaryl/α,β-unsaturated/α-hetero) is 1. The molecule has 6 aromatic carbocycles. The first-order chi connectivity index (χ1) is 38.8. The van der Waals surface area contributed by atoms with Gasteiger partial charge in [-0.15, -0.1) is 0 Å². The van der Waals surface area contributed by atoms with Crippen LogP contribution in [0.1, 0.15) is 101 Å².